The molecule has 1 fully saturated rings. The summed E-state index contributed by atoms with van der Waals surface area (Å²) in [6.07, 6.45) is 2.20. The number of aliphatic hydroxyl groups excluding tert-OH is 1. The zero-order valence-corrected chi connectivity index (χ0v) is 9.80. The average molecular weight is 254 g/mol. The Morgan fingerprint density at radius 2 is 2.06 bits per heavy atom. The van der Waals surface area contributed by atoms with Crippen LogP contribution in [0.4, 0.5) is 4.39 Å². The van der Waals surface area contributed by atoms with E-state index in [2.05, 4.69) is 0 Å². The summed E-state index contributed by atoms with van der Waals surface area (Å²) < 4.78 is 18.5. The zero-order chi connectivity index (χ0) is 13.1. The van der Waals surface area contributed by atoms with Crippen LogP contribution in [0.15, 0.2) is 18.2 Å². The molecule has 2 N–H and O–H groups in total. The fourth-order valence-corrected chi connectivity index (χ4v) is 2.15. The molecule has 98 valence electrons. The van der Waals surface area contributed by atoms with E-state index in [9.17, 15) is 14.3 Å². The second-order valence-corrected chi connectivity index (χ2v) is 4.45. The molecule has 2 unspecified atom stereocenters. The summed E-state index contributed by atoms with van der Waals surface area (Å²) in [5, 5.41) is 18.7. The molecular formula is C13H15FO4. The smallest absolute Gasteiger partial charge is 0.339 e. The fraction of sp³-hybridized carbons (Fsp3) is 0.462. The van der Waals surface area contributed by atoms with Crippen molar-refractivity contribution >= 4 is 5.97 Å². The Bertz CT molecular complexity index is 447. The maximum Gasteiger partial charge on any atom is 0.339 e. The van der Waals surface area contributed by atoms with E-state index in [0.29, 0.717) is 12.8 Å². The Morgan fingerprint density at radius 3 is 2.72 bits per heavy atom. The van der Waals surface area contributed by atoms with Gasteiger partial charge in [0.15, 0.2) is 0 Å². The molecule has 0 bridgehead atoms. The van der Waals surface area contributed by atoms with E-state index in [-0.39, 0.29) is 11.3 Å². The van der Waals surface area contributed by atoms with Crippen LogP contribution in [0.5, 0.6) is 5.75 Å². The molecule has 0 radical (unpaired) electrons. The second kappa shape index (κ2) is 5.35. The summed E-state index contributed by atoms with van der Waals surface area (Å²) in [6.45, 7) is 0. The predicted octanol–water partition coefficient (Wildman–Crippen LogP) is 2.21. The molecule has 0 aromatic heterocycles. The lowest BCUT2D eigenvalue weighted by Gasteiger charge is -2.28. The van der Waals surface area contributed by atoms with Gasteiger partial charge in [0.2, 0.25) is 0 Å². The highest BCUT2D eigenvalue weighted by molar-refractivity contribution is 5.90. The van der Waals surface area contributed by atoms with Crippen molar-refractivity contribution in [1.82, 2.24) is 0 Å². The maximum atomic E-state index is 13.0. The minimum atomic E-state index is -1.24. The number of benzene rings is 1. The van der Waals surface area contributed by atoms with Crippen molar-refractivity contribution in [3.8, 4) is 5.75 Å². The molecule has 2 rings (SSSR count). The van der Waals surface area contributed by atoms with Crippen LogP contribution >= 0.6 is 0 Å². The minimum absolute atomic E-state index is 0.106. The van der Waals surface area contributed by atoms with Crippen LogP contribution in [0, 0.1) is 5.82 Å². The second-order valence-electron chi connectivity index (χ2n) is 4.45. The summed E-state index contributed by atoms with van der Waals surface area (Å²) >= 11 is 0. The first-order chi connectivity index (χ1) is 8.58. The van der Waals surface area contributed by atoms with Crippen molar-refractivity contribution < 1.29 is 24.1 Å². The maximum absolute atomic E-state index is 13.0. The Morgan fingerprint density at radius 1 is 1.33 bits per heavy atom. The number of rotatable bonds is 3. The molecule has 0 spiro atoms. The molecule has 1 aliphatic carbocycles. The highest BCUT2D eigenvalue weighted by atomic mass is 19.1. The van der Waals surface area contributed by atoms with Crippen LogP contribution in [0.1, 0.15) is 36.0 Å². The van der Waals surface area contributed by atoms with E-state index in [1.54, 1.807) is 0 Å². The number of carbonyl (C=O) groups is 1. The molecule has 1 aromatic rings. The largest absolute Gasteiger partial charge is 0.487 e. The van der Waals surface area contributed by atoms with Gasteiger partial charge in [-0.05, 0) is 37.5 Å². The predicted molar refractivity (Wildman–Crippen MR) is 62.3 cm³/mol. The lowest BCUT2D eigenvalue weighted by atomic mass is 9.95. The molecule has 0 heterocycles. The van der Waals surface area contributed by atoms with Gasteiger partial charge in [0.25, 0.3) is 0 Å². The third-order valence-electron chi connectivity index (χ3n) is 3.12. The SMILES string of the molecule is O=C(O)c1cc(F)ccc1OC1CCCCC1O. The molecule has 18 heavy (non-hydrogen) atoms. The van der Waals surface area contributed by atoms with Crippen molar-refractivity contribution in [2.24, 2.45) is 0 Å². The van der Waals surface area contributed by atoms with Gasteiger partial charge >= 0.3 is 5.97 Å². The normalized spacial score (nSPS) is 23.7. The lowest BCUT2D eigenvalue weighted by molar-refractivity contribution is 0.00602. The monoisotopic (exact) mass is 254 g/mol. The average Bonchev–Trinajstić information content (AvgIpc) is 2.34. The number of hydrogen-bond acceptors (Lipinski definition) is 3. The molecule has 0 amide bonds. The summed E-state index contributed by atoms with van der Waals surface area (Å²) in [7, 11) is 0. The lowest BCUT2D eigenvalue weighted by Crippen LogP contribution is -2.35. The summed E-state index contributed by atoms with van der Waals surface area (Å²) in [5.74, 6) is -1.76. The van der Waals surface area contributed by atoms with Crippen molar-refractivity contribution in [1.29, 1.82) is 0 Å². The van der Waals surface area contributed by atoms with Crippen LogP contribution < -0.4 is 4.74 Å². The molecule has 1 saturated carbocycles. The Balaban J connectivity index is 2.20. The standard InChI is InChI=1S/C13H15FO4/c14-8-5-6-11(9(7-8)13(16)17)18-12-4-2-1-3-10(12)15/h5-7,10,12,15H,1-4H2,(H,16,17). The van der Waals surface area contributed by atoms with Gasteiger partial charge in [0, 0.05) is 0 Å². The Kier molecular flexibility index (Phi) is 3.81. The number of halogens is 1. The summed E-state index contributed by atoms with van der Waals surface area (Å²) in [4.78, 5) is 11.0. The Hall–Kier alpha value is -1.62. The highest BCUT2D eigenvalue weighted by Crippen LogP contribution is 2.27. The number of carboxylic acid groups (broad SMARTS) is 1. The first kappa shape index (κ1) is 12.8. The van der Waals surface area contributed by atoms with Crippen molar-refractivity contribution in [3.63, 3.8) is 0 Å². The van der Waals surface area contributed by atoms with E-state index >= 15 is 0 Å². The van der Waals surface area contributed by atoms with Crippen molar-refractivity contribution in [2.45, 2.75) is 37.9 Å². The van der Waals surface area contributed by atoms with E-state index in [4.69, 9.17) is 9.84 Å². The number of hydrogen-bond donors (Lipinski definition) is 2. The summed E-state index contributed by atoms with van der Waals surface area (Å²) in [5.41, 5.74) is -0.215. The van der Waals surface area contributed by atoms with E-state index in [1.165, 1.54) is 6.07 Å². The van der Waals surface area contributed by atoms with Crippen LogP contribution in [-0.4, -0.2) is 28.4 Å². The molecule has 2 atom stereocenters. The molecular weight excluding hydrogens is 239 g/mol. The number of carboxylic acids is 1. The molecule has 1 aromatic carbocycles. The Labute approximate surface area is 104 Å². The molecule has 0 saturated heterocycles. The van der Waals surface area contributed by atoms with E-state index < -0.39 is 24.0 Å². The van der Waals surface area contributed by atoms with Crippen LogP contribution in [0.2, 0.25) is 0 Å². The number of ether oxygens (including phenoxy) is 1. The van der Waals surface area contributed by atoms with Gasteiger partial charge in [-0.25, -0.2) is 9.18 Å². The topological polar surface area (TPSA) is 66.8 Å². The first-order valence-electron chi connectivity index (χ1n) is 5.95. The van der Waals surface area contributed by atoms with Gasteiger partial charge in [-0.2, -0.15) is 0 Å². The molecule has 0 aliphatic heterocycles. The van der Waals surface area contributed by atoms with Gasteiger partial charge in [-0.3, -0.25) is 0 Å². The quantitative estimate of drug-likeness (QED) is 0.867. The van der Waals surface area contributed by atoms with Crippen molar-refractivity contribution in [3.05, 3.63) is 29.6 Å². The van der Waals surface area contributed by atoms with Crippen LogP contribution in [0.25, 0.3) is 0 Å². The van der Waals surface area contributed by atoms with Gasteiger partial charge in [0.1, 0.15) is 23.2 Å². The molecule has 4 nitrogen and oxygen atoms in total. The third kappa shape index (κ3) is 2.79. The van der Waals surface area contributed by atoms with Gasteiger partial charge < -0.3 is 14.9 Å². The minimum Gasteiger partial charge on any atom is -0.487 e. The van der Waals surface area contributed by atoms with Crippen LogP contribution in [-0.2, 0) is 0 Å². The van der Waals surface area contributed by atoms with E-state index in [1.807, 2.05) is 0 Å². The zero-order valence-electron chi connectivity index (χ0n) is 9.80. The number of aromatic carboxylic acids is 1. The molecule has 1 aliphatic rings. The fourth-order valence-electron chi connectivity index (χ4n) is 2.15. The number of aliphatic hydroxyl groups is 1. The van der Waals surface area contributed by atoms with Crippen molar-refractivity contribution in [2.75, 3.05) is 0 Å². The first-order valence-corrected chi connectivity index (χ1v) is 5.95. The molecule has 5 heteroatoms. The van der Waals surface area contributed by atoms with Gasteiger partial charge in [-0.15, -0.1) is 0 Å². The third-order valence-corrected chi connectivity index (χ3v) is 3.12. The highest BCUT2D eigenvalue weighted by Gasteiger charge is 2.26. The summed E-state index contributed by atoms with van der Waals surface area (Å²) in [6, 6.07) is 3.37. The van der Waals surface area contributed by atoms with Crippen LogP contribution in [0.3, 0.4) is 0 Å². The van der Waals surface area contributed by atoms with E-state index in [0.717, 1.165) is 25.0 Å². The van der Waals surface area contributed by atoms with Gasteiger partial charge in [0.05, 0.1) is 6.10 Å². The van der Waals surface area contributed by atoms with Gasteiger partial charge in [-0.1, -0.05) is 6.42 Å².